The van der Waals surface area contributed by atoms with Crippen molar-refractivity contribution in [3.05, 3.63) is 89.2 Å². The number of hydrogen-bond acceptors (Lipinski definition) is 7. The second-order valence-electron chi connectivity index (χ2n) is 7.90. The molecule has 0 unspecified atom stereocenters. The van der Waals surface area contributed by atoms with Crippen molar-refractivity contribution in [3.8, 4) is 23.5 Å². The van der Waals surface area contributed by atoms with Crippen molar-refractivity contribution in [1.82, 2.24) is 4.98 Å². The van der Waals surface area contributed by atoms with E-state index in [1.54, 1.807) is 17.0 Å². The van der Waals surface area contributed by atoms with Crippen molar-refractivity contribution in [3.63, 3.8) is 0 Å². The number of carbonyl (C=O) groups excluding carboxylic acids is 1. The monoisotopic (exact) mass is 477 g/mol. The largest absolute Gasteiger partial charge is 0.464 e. The van der Waals surface area contributed by atoms with E-state index in [9.17, 15) is 15.3 Å². The molecule has 1 amide bonds. The van der Waals surface area contributed by atoms with Crippen LogP contribution in [0.4, 0.5) is 17.2 Å². The molecule has 0 aliphatic carbocycles. The topological polar surface area (TPSA) is 120 Å². The van der Waals surface area contributed by atoms with Gasteiger partial charge in [0.15, 0.2) is 0 Å². The lowest BCUT2D eigenvalue weighted by atomic mass is 10.0. The van der Waals surface area contributed by atoms with E-state index in [4.69, 9.17) is 10.2 Å². The standard InChI is InChI=1S/C27H19N5O2S/c28-14-19-25(23-10-5-13-34-23)20(15-29)27(31-26(19)30)35-16-24(33)32-21-8-3-1-6-17(21)11-12-18-7-2-4-9-22(18)32/h1-10,13H,11-12,16H2,(H2,30,31). The van der Waals surface area contributed by atoms with Crippen LogP contribution in [0.5, 0.6) is 0 Å². The number of nitrogen functional groups attached to an aromatic ring is 1. The van der Waals surface area contributed by atoms with E-state index in [1.807, 2.05) is 54.6 Å². The van der Waals surface area contributed by atoms with E-state index in [-0.39, 0.29) is 39.2 Å². The van der Waals surface area contributed by atoms with Gasteiger partial charge in [-0.05, 0) is 48.2 Å². The minimum Gasteiger partial charge on any atom is -0.464 e. The molecule has 2 aromatic heterocycles. The lowest BCUT2D eigenvalue weighted by molar-refractivity contribution is -0.115. The number of nitriles is 2. The minimum atomic E-state index is -0.148. The maximum Gasteiger partial charge on any atom is 0.241 e. The number of thioether (sulfide) groups is 1. The SMILES string of the molecule is N#Cc1c(N)nc(SCC(=O)N2c3ccccc3CCc3ccccc32)c(C#N)c1-c1ccco1. The number of carbonyl (C=O) groups is 1. The smallest absolute Gasteiger partial charge is 0.241 e. The van der Waals surface area contributed by atoms with Gasteiger partial charge in [-0.1, -0.05) is 48.2 Å². The summed E-state index contributed by atoms with van der Waals surface area (Å²) in [7, 11) is 0. The van der Waals surface area contributed by atoms with Gasteiger partial charge in [0.25, 0.3) is 0 Å². The number of para-hydroxylation sites is 2. The molecule has 2 aromatic carbocycles. The first kappa shape index (κ1) is 22.3. The number of hydrogen-bond donors (Lipinski definition) is 1. The Hall–Kier alpha value is -4.53. The van der Waals surface area contributed by atoms with Gasteiger partial charge in [-0.15, -0.1) is 0 Å². The number of amides is 1. The zero-order chi connectivity index (χ0) is 24.4. The number of nitrogens with zero attached hydrogens (tertiary/aromatic N) is 4. The molecule has 35 heavy (non-hydrogen) atoms. The molecule has 0 saturated carbocycles. The number of rotatable bonds is 4. The summed E-state index contributed by atoms with van der Waals surface area (Å²) in [5, 5.41) is 19.8. The molecule has 0 spiro atoms. The molecular formula is C27H19N5O2S. The van der Waals surface area contributed by atoms with E-state index < -0.39 is 0 Å². The molecule has 8 heteroatoms. The third kappa shape index (κ3) is 4.01. The van der Waals surface area contributed by atoms with E-state index in [0.29, 0.717) is 5.76 Å². The number of benzene rings is 2. The van der Waals surface area contributed by atoms with Gasteiger partial charge < -0.3 is 10.2 Å². The fourth-order valence-corrected chi connectivity index (χ4v) is 5.16. The van der Waals surface area contributed by atoms with Crippen LogP contribution in [0, 0.1) is 22.7 Å². The Morgan fingerprint density at radius 1 is 0.971 bits per heavy atom. The molecule has 1 aliphatic rings. The summed E-state index contributed by atoms with van der Waals surface area (Å²) in [6.07, 6.45) is 3.13. The molecule has 7 nitrogen and oxygen atoms in total. The van der Waals surface area contributed by atoms with Crippen molar-refractivity contribution >= 4 is 34.9 Å². The van der Waals surface area contributed by atoms with E-state index in [1.165, 1.54) is 6.26 Å². The van der Waals surface area contributed by atoms with Crippen molar-refractivity contribution in [2.75, 3.05) is 16.4 Å². The number of pyridine rings is 1. The van der Waals surface area contributed by atoms with Crippen LogP contribution < -0.4 is 10.6 Å². The van der Waals surface area contributed by atoms with Gasteiger partial charge in [0.2, 0.25) is 5.91 Å². The van der Waals surface area contributed by atoms with Gasteiger partial charge in [0, 0.05) is 0 Å². The minimum absolute atomic E-state index is 0.0155. The number of furan rings is 1. The first-order chi connectivity index (χ1) is 17.1. The van der Waals surface area contributed by atoms with Crippen LogP contribution in [0.2, 0.25) is 0 Å². The fraction of sp³-hybridized carbons (Fsp3) is 0.111. The van der Waals surface area contributed by atoms with Crippen molar-refractivity contribution < 1.29 is 9.21 Å². The van der Waals surface area contributed by atoms with Crippen LogP contribution in [0.3, 0.4) is 0 Å². The van der Waals surface area contributed by atoms with Crippen LogP contribution in [0.25, 0.3) is 11.3 Å². The Morgan fingerprint density at radius 2 is 1.60 bits per heavy atom. The highest BCUT2D eigenvalue weighted by Gasteiger charge is 2.27. The Bertz CT molecular complexity index is 1470. The van der Waals surface area contributed by atoms with Crippen molar-refractivity contribution in [2.24, 2.45) is 0 Å². The van der Waals surface area contributed by atoms with Crippen LogP contribution in [-0.4, -0.2) is 16.6 Å². The molecular weight excluding hydrogens is 458 g/mol. The molecule has 0 fully saturated rings. The zero-order valence-electron chi connectivity index (χ0n) is 18.6. The van der Waals surface area contributed by atoms with Gasteiger partial charge in [0.05, 0.1) is 34.5 Å². The van der Waals surface area contributed by atoms with Crippen molar-refractivity contribution in [2.45, 2.75) is 17.9 Å². The van der Waals surface area contributed by atoms with Gasteiger partial charge in [-0.3, -0.25) is 9.69 Å². The highest BCUT2D eigenvalue weighted by molar-refractivity contribution is 8.00. The quantitative estimate of drug-likeness (QED) is 0.400. The summed E-state index contributed by atoms with van der Waals surface area (Å²) in [5.41, 5.74) is 10.5. The molecule has 5 rings (SSSR count). The predicted molar refractivity (Wildman–Crippen MR) is 134 cm³/mol. The molecule has 1 aliphatic heterocycles. The summed E-state index contributed by atoms with van der Waals surface area (Å²) in [6, 6.07) is 23.2. The average Bonchev–Trinajstić information content (AvgIpc) is 3.36. The van der Waals surface area contributed by atoms with E-state index in [2.05, 4.69) is 11.1 Å². The highest BCUT2D eigenvalue weighted by atomic mass is 32.2. The molecule has 4 aromatic rings. The van der Waals surface area contributed by atoms with Gasteiger partial charge >= 0.3 is 0 Å². The van der Waals surface area contributed by atoms with Crippen LogP contribution >= 0.6 is 11.8 Å². The third-order valence-corrected chi connectivity index (χ3v) is 6.85. The number of aryl methyl sites for hydroxylation is 2. The predicted octanol–water partition coefficient (Wildman–Crippen LogP) is 5.22. The molecule has 0 radical (unpaired) electrons. The molecule has 3 heterocycles. The summed E-state index contributed by atoms with van der Waals surface area (Å²) < 4.78 is 5.46. The lowest BCUT2D eigenvalue weighted by Crippen LogP contribution is -2.28. The first-order valence-electron chi connectivity index (χ1n) is 10.9. The van der Waals surface area contributed by atoms with Crippen molar-refractivity contribution in [1.29, 1.82) is 10.5 Å². The fourth-order valence-electron chi connectivity index (χ4n) is 4.31. The Labute approximate surface area is 206 Å². The summed E-state index contributed by atoms with van der Waals surface area (Å²) >= 11 is 1.12. The Balaban J connectivity index is 1.53. The molecule has 0 saturated heterocycles. The van der Waals surface area contributed by atoms with Gasteiger partial charge in [-0.25, -0.2) is 4.98 Å². The van der Waals surface area contributed by atoms with Crippen LogP contribution in [0.15, 0.2) is 76.4 Å². The molecule has 0 atom stereocenters. The van der Waals surface area contributed by atoms with E-state index in [0.717, 1.165) is 47.1 Å². The highest BCUT2D eigenvalue weighted by Crippen LogP contribution is 2.39. The molecule has 0 bridgehead atoms. The normalized spacial score (nSPS) is 12.1. The van der Waals surface area contributed by atoms with Crippen LogP contribution in [0.1, 0.15) is 22.3 Å². The maximum absolute atomic E-state index is 13.7. The summed E-state index contributed by atoms with van der Waals surface area (Å²) in [4.78, 5) is 19.7. The molecule has 170 valence electrons. The average molecular weight is 478 g/mol. The summed E-state index contributed by atoms with van der Waals surface area (Å²) in [6.45, 7) is 0. The number of nitrogens with two attached hydrogens (primary N) is 1. The third-order valence-electron chi connectivity index (χ3n) is 5.89. The van der Waals surface area contributed by atoms with Gasteiger partial charge in [-0.2, -0.15) is 10.5 Å². The zero-order valence-corrected chi connectivity index (χ0v) is 19.4. The van der Waals surface area contributed by atoms with Gasteiger partial charge in [0.1, 0.15) is 34.3 Å². The Kier molecular flexibility index (Phi) is 5.97. The second-order valence-corrected chi connectivity index (χ2v) is 8.87. The maximum atomic E-state index is 13.7. The lowest BCUT2D eigenvalue weighted by Gasteiger charge is -2.25. The number of fused-ring (bicyclic) bond motifs is 2. The Morgan fingerprint density at radius 3 is 2.17 bits per heavy atom. The summed E-state index contributed by atoms with van der Waals surface area (Å²) in [5.74, 6) is 0.201. The van der Waals surface area contributed by atoms with Crippen LogP contribution in [-0.2, 0) is 17.6 Å². The number of aromatic nitrogens is 1. The van der Waals surface area contributed by atoms with E-state index >= 15 is 0 Å². The molecule has 2 N–H and O–H groups in total. The number of anilines is 3. The second kappa shape index (κ2) is 9.38. The first-order valence-corrected chi connectivity index (χ1v) is 11.9.